The molecule has 0 bridgehead atoms. The highest BCUT2D eigenvalue weighted by molar-refractivity contribution is 5.81. The number of guanidine groups is 1. The molecule has 1 spiro atoms. The molecule has 2 N–H and O–H groups in total. The second-order valence-corrected chi connectivity index (χ2v) is 8.79. The molecule has 3 rings (SSSR count). The van der Waals surface area contributed by atoms with Crippen molar-refractivity contribution in [2.75, 3.05) is 26.7 Å². The molecule has 0 aromatic rings. The molecule has 1 aliphatic heterocycles. The zero-order valence-corrected chi connectivity index (χ0v) is 18.3. The van der Waals surface area contributed by atoms with E-state index in [1.54, 1.807) is 0 Å². The molecule has 3 aliphatic rings. The monoisotopic (exact) mass is 392 g/mol. The van der Waals surface area contributed by atoms with Gasteiger partial charge in [-0.15, -0.1) is 0 Å². The number of aliphatic imine (C=N–C) groups is 1. The fraction of sp³-hybridized carbons (Fsp3) is 0.909. The second-order valence-electron chi connectivity index (χ2n) is 8.79. The Bertz CT molecular complexity index is 549. The standard InChI is InChI=1S/C22H40N4O2/c1-5-16(6-2)20(27)26-13-9-17(10-14-26)24-21(23-4)25-18-15-19(28-7-3)22(18)11-8-12-22/h16-19H,5-15H2,1-4H3,(H2,23,24,25). The third-order valence-corrected chi connectivity index (χ3v) is 7.45. The van der Waals surface area contributed by atoms with E-state index in [0.29, 0.717) is 29.5 Å². The normalized spacial score (nSPS) is 27.5. The van der Waals surface area contributed by atoms with Crippen LogP contribution in [0.4, 0.5) is 0 Å². The Labute approximate surface area is 170 Å². The van der Waals surface area contributed by atoms with Gasteiger partial charge >= 0.3 is 0 Å². The molecule has 1 saturated heterocycles. The van der Waals surface area contributed by atoms with E-state index in [0.717, 1.165) is 57.8 Å². The van der Waals surface area contributed by atoms with Crippen LogP contribution < -0.4 is 10.6 Å². The van der Waals surface area contributed by atoms with Crippen LogP contribution in [0.25, 0.3) is 0 Å². The molecule has 2 unspecified atom stereocenters. The number of carbonyl (C=O) groups excluding carboxylic acids is 1. The maximum absolute atomic E-state index is 12.6. The van der Waals surface area contributed by atoms with Crippen LogP contribution in [0.3, 0.4) is 0 Å². The molecular weight excluding hydrogens is 352 g/mol. The number of rotatable bonds is 7. The number of amides is 1. The van der Waals surface area contributed by atoms with Crippen LogP contribution in [0.1, 0.15) is 72.1 Å². The molecule has 6 nitrogen and oxygen atoms in total. The highest BCUT2D eigenvalue weighted by Crippen LogP contribution is 2.57. The van der Waals surface area contributed by atoms with Gasteiger partial charge in [0.15, 0.2) is 5.96 Å². The van der Waals surface area contributed by atoms with Crippen LogP contribution in [0.5, 0.6) is 0 Å². The summed E-state index contributed by atoms with van der Waals surface area (Å²) in [5.74, 6) is 1.44. The van der Waals surface area contributed by atoms with E-state index in [9.17, 15) is 4.79 Å². The molecule has 160 valence electrons. The lowest BCUT2D eigenvalue weighted by molar-refractivity contribution is -0.168. The van der Waals surface area contributed by atoms with Crippen LogP contribution in [0.15, 0.2) is 4.99 Å². The quantitative estimate of drug-likeness (QED) is 0.516. The minimum Gasteiger partial charge on any atom is -0.378 e. The molecule has 1 amide bonds. The van der Waals surface area contributed by atoms with Gasteiger partial charge in [0.05, 0.1) is 6.10 Å². The molecule has 6 heteroatoms. The highest BCUT2D eigenvalue weighted by atomic mass is 16.5. The fourth-order valence-electron chi connectivity index (χ4n) is 5.31. The molecule has 3 fully saturated rings. The SMILES string of the molecule is CCOC1CC(NC(=NC)NC2CCN(C(=O)C(CC)CC)CC2)C12CCC2. The first-order valence-corrected chi connectivity index (χ1v) is 11.5. The van der Waals surface area contributed by atoms with Gasteiger partial charge in [-0.1, -0.05) is 20.3 Å². The summed E-state index contributed by atoms with van der Waals surface area (Å²) in [6.45, 7) is 8.82. The number of nitrogens with zero attached hydrogens (tertiary/aromatic N) is 2. The maximum atomic E-state index is 12.6. The number of piperidine rings is 1. The van der Waals surface area contributed by atoms with Crippen molar-refractivity contribution in [2.24, 2.45) is 16.3 Å². The average Bonchev–Trinajstić information content (AvgIpc) is 2.66. The first-order chi connectivity index (χ1) is 13.6. The summed E-state index contributed by atoms with van der Waals surface area (Å²) in [7, 11) is 1.85. The van der Waals surface area contributed by atoms with Gasteiger partial charge in [0.25, 0.3) is 0 Å². The molecular formula is C22H40N4O2. The third-order valence-electron chi connectivity index (χ3n) is 7.45. The number of hydrogen-bond donors (Lipinski definition) is 2. The van der Waals surface area contributed by atoms with Gasteiger partial charge in [0, 0.05) is 50.2 Å². The molecule has 2 saturated carbocycles. The molecule has 0 aromatic carbocycles. The van der Waals surface area contributed by atoms with Gasteiger partial charge in [-0.25, -0.2) is 0 Å². The van der Waals surface area contributed by atoms with Gasteiger partial charge in [-0.3, -0.25) is 9.79 Å². The van der Waals surface area contributed by atoms with Gasteiger partial charge in [-0.05, 0) is 51.9 Å². The lowest BCUT2D eigenvalue weighted by atomic mass is 9.51. The predicted molar refractivity (Wildman–Crippen MR) is 113 cm³/mol. The summed E-state index contributed by atoms with van der Waals surface area (Å²) in [6, 6.07) is 0.859. The van der Waals surface area contributed by atoms with E-state index < -0.39 is 0 Å². The smallest absolute Gasteiger partial charge is 0.225 e. The fourth-order valence-corrected chi connectivity index (χ4v) is 5.31. The van der Waals surface area contributed by atoms with Crippen LogP contribution in [-0.2, 0) is 9.53 Å². The van der Waals surface area contributed by atoms with E-state index in [2.05, 4.69) is 41.3 Å². The van der Waals surface area contributed by atoms with E-state index >= 15 is 0 Å². The van der Waals surface area contributed by atoms with Crippen molar-refractivity contribution < 1.29 is 9.53 Å². The number of hydrogen-bond acceptors (Lipinski definition) is 3. The largest absolute Gasteiger partial charge is 0.378 e. The van der Waals surface area contributed by atoms with Crippen molar-refractivity contribution in [2.45, 2.75) is 90.3 Å². The summed E-state index contributed by atoms with van der Waals surface area (Å²) >= 11 is 0. The summed E-state index contributed by atoms with van der Waals surface area (Å²) in [5.41, 5.74) is 0.332. The summed E-state index contributed by atoms with van der Waals surface area (Å²) < 4.78 is 5.97. The Kier molecular flexibility index (Phi) is 7.24. The third kappa shape index (κ3) is 4.17. The minimum atomic E-state index is 0.189. The van der Waals surface area contributed by atoms with Crippen molar-refractivity contribution in [3.63, 3.8) is 0 Å². The summed E-state index contributed by atoms with van der Waals surface area (Å²) in [4.78, 5) is 19.1. The van der Waals surface area contributed by atoms with E-state index in [1.807, 2.05) is 7.05 Å². The first-order valence-electron chi connectivity index (χ1n) is 11.5. The Morgan fingerprint density at radius 1 is 1.18 bits per heavy atom. The average molecular weight is 393 g/mol. The van der Waals surface area contributed by atoms with E-state index in [-0.39, 0.29) is 5.92 Å². The summed E-state index contributed by atoms with van der Waals surface area (Å²) in [6.07, 6.45) is 9.21. The zero-order chi connectivity index (χ0) is 20.1. The number of likely N-dealkylation sites (tertiary alicyclic amines) is 1. The van der Waals surface area contributed by atoms with Gasteiger partial charge in [0.2, 0.25) is 5.91 Å². The van der Waals surface area contributed by atoms with Crippen LogP contribution in [0.2, 0.25) is 0 Å². The Morgan fingerprint density at radius 3 is 2.36 bits per heavy atom. The molecule has 1 heterocycles. The number of carbonyl (C=O) groups is 1. The zero-order valence-electron chi connectivity index (χ0n) is 18.3. The Balaban J connectivity index is 1.46. The second kappa shape index (κ2) is 9.47. The predicted octanol–water partition coefficient (Wildman–Crippen LogP) is 2.93. The van der Waals surface area contributed by atoms with Gasteiger partial charge in [0.1, 0.15) is 0 Å². The highest BCUT2D eigenvalue weighted by Gasteiger charge is 2.59. The molecule has 0 radical (unpaired) electrons. The van der Waals surface area contributed by atoms with Crippen molar-refractivity contribution in [3.8, 4) is 0 Å². The molecule has 0 aromatic heterocycles. The molecule has 2 atom stereocenters. The van der Waals surface area contributed by atoms with Crippen LogP contribution in [-0.4, -0.2) is 61.7 Å². The van der Waals surface area contributed by atoms with Crippen molar-refractivity contribution in [1.29, 1.82) is 0 Å². The number of nitrogens with one attached hydrogen (secondary N) is 2. The van der Waals surface area contributed by atoms with E-state index in [1.165, 1.54) is 19.3 Å². The lowest BCUT2D eigenvalue weighted by Crippen LogP contribution is -2.69. The van der Waals surface area contributed by atoms with Gasteiger partial charge in [-0.2, -0.15) is 0 Å². The molecule has 2 aliphatic carbocycles. The Hall–Kier alpha value is -1.30. The van der Waals surface area contributed by atoms with Crippen LogP contribution in [0, 0.1) is 11.3 Å². The maximum Gasteiger partial charge on any atom is 0.225 e. The minimum absolute atomic E-state index is 0.189. The van der Waals surface area contributed by atoms with Crippen LogP contribution >= 0.6 is 0 Å². The van der Waals surface area contributed by atoms with Gasteiger partial charge < -0.3 is 20.3 Å². The van der Waals surface area contributed by atoms with E-state index in [4.69, 9.17) is 4.74 Å². The van der Waals surface area contributed by atoms with Crippen molar-refractivity contribution >= 4 is 11.9 Å². The topological polar surface area (TPSA) is 66.0 Å². The number of ether oxygens (including phenoxy) is 1. The van der Waals surface area contributed by atoms with Crippen molar-refractivity contribution in [3.05, 3.63) is 0 Å². The summed E-state index contributed by atoms with van der Waals surface area (Å²) in [5, 5.41) is 7.29. The first kappa shape index (κ1) is 21.4. The van der Waals surface area contributed by atoms with Crippen molar-refractivity contribution in [1.82, 2.24) is 15.5 Å². The molecule has 28 heavy (non-hydrogen) atoms. The Morgan fingerprint density at radius 2 is 1.86 bits per heavy atom. The lowest BCUT2D eigenvalue weighted by Gasteiger charge is -2.61.